The van der Waals surface area contributed by atoms with Gasteiger partial charge in [0.15, 0.2) is 0 Å². The molecule has 170 valence electrons. The second-order valence-electron chi connectivity index (χ2n) is 8.49. The summed E-state index contributed by atoms with van der Waals surface area (Å²) in [7, 11) is 0. The van der Waals surface area contributed by atoms with Crippen molar-refractivity contribution < 1.29 is 0 Å². The number of nitrogens with zero attached hydrogens (tertiary/aromatic N) is 3. The topological polar surface area (TPSA) is 135 Å². The molecular weight excluding hydrogens is 434 g/mol. The van der Waals surface area contributed by atoms with Gasteiger partial charge in [0.25, 0.3) is 0 Å². The highest BCUT2D eigenvalue weighted by Crippen LogP contribution is 2.44. The molecule has 6 rings (SSSR count). The van der Waals surface area contributed by atoms with Crippen LogP contribution < -0.4 is 17.2 Å². The van der Waals surface area contributed by atoms with Crippen molar-refractivity contribution in [3.05, 3.63) is 89.5 Å². The molecule has 0 saturated carbocycles. The Morgan fingerprint density at radius 3 is 2.31 bits per heavy atom. The molecule has 0 aliphatic heterocycles. The molecule has 0 radical (unpaired) electrons. The Balaban J connectivity index is 1.78. The van der Waals surface area contributed by atoms with Crippen LogP contribution in [0, 0.1) is 11.3 Å². The van der Waals surface area contributed by atoms with Crippen molar-refractivity contribution in [3.8, 4) is 28.5 Å². The molecule has 3 aromatic carbocycles. The lowest BCUT2D eigenvalue weighted by atomic mass is 9.91. The second-order valence-corrected chi connectivity index (χ2v) is 8.49. The van der Waals surface area contributed by atoms with Gasteiger partial charge in [0.05, 0.1) is 28.4 Å². The number of hydrogen-bond acceptors (Lipinski definition) is 5. The summed E-state index contributed by atoms with van der Waals surface area (Å²) in [5.41, 5.74) is 29.1. The average Bonchev–Trinajstić information content (AvgIpc) is 3.47. The number of nitrogen functional groups attached to an aromatic ring is 1. The maximum atomic E-state index is 9.26. The summed E-state index contributed by atoms with van der Waals surface area (Å²) in [6.07, 6.45) is 0. The Morgan fingerprint density at radius 1 is 0.857 bits per heavy atom. The first-order valence-electron chi connectivity index (χ1n) is 11.4. The fraction of sp³-hybridized carbons (Fsp3) is 0.0714. The van der Waals surface area contributed by atoms with E-state index >= 15 is 0 Å². The van der Waals surface area contributed by atoms with E-state index in [2.05, 4.69) is 17.1 Å². The van der Waals surface area contributed by atoms with Crippen molar-refractivity contribution in [2.75, 3.05) is 5.73 Å². The van der Waals surface area contributed by atoms with Gasteiger partial charge in [-0.1, -0.05) is 42.5 Å². The van der Waals surface area contributed by atoms with Crippen molar-refractivity contribution in [1.82, 2.24) is 14.4 Å². The van der Waals surface area contributed by atoms with Gasteiger partial charge < -0.3 is 22.2 Å². The number of anilines is 1. The van der Waals surface area contributed by atoms with Gasteiger partial charge >= 0.3 is 0 Å². The first-order valence-corrected chi connectivity index (χ1v) is 11.4. The molecule has 0 saturated heterocycles. The zero-order chi connectivity index (χ0) is 24.1. The molecule has 0 amide bonds. The van der Waals surface area contributed by atoms with Crippen LogP contribution in [0.1, 0.15) is 16.7 Å². The van der Waals surface area contributed by atoms with Crippen molar-refractivity contribution in [2.45, 2.75) is 13.1 Å². The molecule has 0 unspecified atom stereocenters. The molecule has 0 atom stereocenters. The average molecular weight is 458 g/mol. The highest BCUT2D eigenvalue weighted by Gasteiger charge is 2.25. The molecular formula is C28H23N7. The number of aromatic amines is 1. The first kappa shape index (κ1) is 20.9. The Morgan fingerprint density at radius 2 is 1.57 bits per heavy atom. The maximum Gasteiger partial charge on any atom is 0.144 e. The molecule has 0 bridgehead atoms. The third-order valence-corrected chi connectivity index (χ3v) is 6.65. The number of imidazole rings is 1. The lowest BCUT2D eigenvalue weighted by molar-refractivity contribution is 1.00. The standard InChI is InChI=1S/C28H23N7/c29-13-16-9-11-17(12-10-16)26-25(18-5-1-2-6-21(18)33-26)24-19(14-30)27(32)35-23-8-4-3-7-22(23)34-28(35)20(24)15-31/h1-12,33H,14-15,30-32H2. The van der Waals surface area contributed by atoms with E-state index in [4.69, 9.17) is 22.2 Å². The minimum atomic E-state index is 0.239. The van der Waals surface area contributed by atoms with Crippen molar-refractivity contribution in [3.63, 3.8) is 0 Å². The van der Waals surface area contributed by atoms with Gasteiger partial charge in [-0.05, 0) is 35.9 Å². The zero-order valence-electron chi connectivity index (χ0n) is 18.9. The van der Waals surface area contributed by atoms with Gasteiger partial charge in [-0.25, -0.2) is 4.98 Å². The maximum absolute atomic E-state index is 9.26. The molecule has 7 N–H and O–H groups in total. The SMILES string of the molecule is N#Cc1ccc(-c2[nH]c3ccccc3c2-c2c(CN)c(N)n3c(nc4ccccc43)c2CN)cc1. The van der Waals surface area contributed by atoms with E-state index in [0.717, 1.165) is 61.1 Å². The summed E-state index contributed by atoms with van der Waals surface area (Å²) < 4.78 is 1.96. The zero-order valence-corrected chi connectivity index (χ0v) is 18.9. The molecule has 35 heavy (non-hydrogen) atoms. The van der Waals surface area contributed by atoms with Gasteiger partial charge in [-0.3, -0.25) is 4.40 Å². The number of aromatic nitrogens is 3. The van der Waals surface area contributed by atoms with Crippen LogP contribution in [0.2, 0.25) is 0 Å². The summed E-state index contributed by atoms with van der Waals surface area (Å²) in [6, 6.07) is 25.7. The number of nitrogens with one attached hydrogen (secondary N) is 1. The van der Waals surface area contributed by atoms with Crippen LogP contribution in [0.5, 0.6) is 0 Å². The molecule has 3 aromatic heterocycles. The third kappa shape index (κ3) is 3.02. The molecule has 7 nitrogen and oxygen atoms in total. The number of benzene rings is 3. The highest BCUT2D eigenvalue weighted by atomic mass is 15.1. The lowest BCUT2D eigenvalue weighted by Crippen LogP contribution is -2.14. The first-order chi connectivity index (χ1) is 17.2. The monoisotopic (exact) mass is 457 g/mol. The van der Waals surface area contributed by atoms with Gasteiger partial charge in [-0.2, -0.15) is 5.26 Å². The molecule has 7 heteroatoms. The number of rotatable bonds is 4. The molecule has 0 fully saturated rings. The van der Waals surface area contributed by atoms with E-state index in [9.17, 15) is 5.26 Å². The summed E-state index contributed by atoms with van der Waals surface area (Å²) in [4.78, 5) is 8.49. The van der Waals surface area contributed by atoms with E-state index in [1.807, 2.05) is 71.1 Å². The number of fused-ring (bicyclic) bond motifs is 4. The van der Waals surface area contributed by atoms with Crippen LogP contribution in [0.3, 0.4) is 0 Å². The molecule has 0 spiro atoms. The number of hydrogen-bond donors (Lipinski definition) is 4. The Labute approximate surface area is 201 Å². The fourth-order valence-electron chi connectivity index (χ4n) is 5.06. The van der Waals surface area contributed by atoms with E-state index in [1.54, 1.807) is 0 Å². The largest absolute Gasteiger partial charge is 0.384 e. The van der Waals surface area contributed by atoms with E-state index in [1.165, 1.54) is 0 Å². The lowest BCUT2D eigenvalue weighted by Gasteiger charge is -2.19. The normalized spacial score (nSPS) is 11.5. The summed E-state index contributed by atoms with van der Waals surface area (Å²) in [5, 5.41) is 10.3. The minimum Gasteiger partial charge on any atom is -0.384 e. The molecule has 0 aliphatic carbocycles. The Bertz CT molecular complexity index is 1780. The fourth-order valence-corrected chi connectivity index (χ4v) is 5.06. The Kier molecular flexibility index (Phi) is 4.78. The smallest absolute Gasteiger partial charge is 0.144 e. The van der Waals surface area contributed by atoms with Crippen molar-refractivity contribution in [1.29, 1.82) is 5.26 Å². The van der Waals surface area contributed by atoms with E-state index in [0.29, 0.717) is 11.4 Å². The quantitative estimate of drug-likeness (QED) is 0.305. The third-order valence-electron chi connectivity index (χ3n) is 6.65. The molecule has 3 heterocycles. The van der Waals surface area contributed by atoms with E-state index < -0.39 is 0 Å². The predicted octanol–water partition coefficient (Wildman–Crippen LogP) is 4.67. The van der Waals surface area contributed by atoms with Gasteiger partial charge in [-0.15, -0.1) is 0 Å². The van der Waals surface area contributed by atoms with Gasteiger partial charge in [0.1, 0.15) is 11.5 Å². The summed E-state index contributed by atoms with van der Waals surface area (Å²) in [5.74, 6) is 0.555. The van der Waals surface area contributed by atoms with Crippen molar-refractivity contribution in [2.24, 2.45) is 11.5 Å². The molecule has 6 aromatic rings. The second kappa shape index (κ2) is 7.99. The summed E-state index contributed by atoms with van der Waals surface area (Å²) in [6.45, 7) is 0.505. The number of H-pyrrole nitrogens is 1. The van der Waals surface area contributed by atoms with Crippen LogP contribution in [0.4, 0.5) is 5.82 Å². The summed E-state index contributed by atoms with van der Waals surface area (Å²) >= 11 is 0. The number of nitrogens with two attached hydrogens (primary N) is 3. The number of para-hydroxylation sites is 3. The van der Waals surface area contributed by atoms with E-state index in [-0.39, 0.29) is 13.1 Å². The molecule has 0 aliphatic rings. The number of nitriles is 1. The highest BCUT2D eigenvalue weighted by molar-refractivity contribution is 6.07. The van der Waals surface area contributed by atoms with Crippen LogP contribution in [0.15, 0.2) is 72.8 Å². The number of pyridine rings is 1. The predicted molar refractivity (Wildman–Crippen MR) is 140 cm³/mol. The van der Waals surface area contributed by atoms with Gasteiger partial charge in [0, 0.05) is 46.2 Å². The minimum absolute atomic E-state index is 0.239. The van der Waals surface area contributed by atoms with Crippen LogP contribution in [0.25, 0.3) is 50.0 Å². The van der Waals surface area contributed by atoms with Crippen LogP contribution in [-0.4, -0.2) is 14.4 Å². The Hall–Kier alpha value is -4.64. The van der Waals surface area contributed by atoms with Crippen molar-refractivity contribution >= 4 is 33.4 Å². The van der Waals surface area contributed by atoms with Gasteiger partial charge in [0.2, 0.25) is 0 Å². The van der Waals surface area contributed by atoms with Crippen LogP contribution in [-0.2, 0) is 13.1 Å². The van der Waals surface area contributed by atoms with Crippen LogP contribution >= 0.6 is 0 Å².